The second kappa shape index (κ2) is 5.63. The highest BCUT2D eigenvalue weighted by Crippen LogP contribution is 2.46. The molecule has 0 aliphatic heterocycles. The molecule has 2 rings (SSSR count). The first-order chi connectivity index (χ1) is 9.30. The smallest absolute Gasteiger partial charge is 0.240 e. The molecule has 1 aromatic carbocycles. The molecule has 20 heavy (non-hydrogen) atoms. The molecule has 1 fully saturated rings. The molecule has 0 atom stereocenters. The minimum Gasteiger partial charge on any atom is -0.389 e. The van der Waals surface area contributed by atoms with Crippen LogP contribution in [0.1, 0.15) is 24.0 Å². The summed E-state index contributed by atoms with van der Waals surface area (Å²) in [5, 5.41) is 0. The van der Waals surface area contributed by atoms with Crippen LogP contribution in [0.5, 0.6) is 0 Å². The number of thioether (sulfide) groups is 1. The molecular weight excluding hydrogens is 312 g/mol. The van der Waals surface area contributed by atoms with Crippen molar-refractivity contribution < 1.29 is 8.42 Å². The van der Waals surface area contributed by atoms with Gasteiger partial charge in [-0.2, -0.15) is 11.8 Å². The largest absolute Gasteiger partial charge is 0.389 e. The minimum atomic E-state index is -3.48. The fourth-order valence-corrected chi connectivity index (χ4v) is 4.30. The molecular formula is C13H18N2O2S3. The topological polar surface area (TPSA) is 72.2 Å². The van der Waals surface area contributed by atoms with Crippen molar-refractivity contribution in [3.63, 3.8) is 0 Å². The Hall–Kier alpha value is -0.630. The monoisotopic (exact) mass is 330 g/mol. The van der Waals surface area contributed by atoms with Gasteiger partial charge in [-0.1, -0.05) is 18.3 Å². The molecule has 3 N–H and O–H groups in total. The third-order valence-corrected chi connectivity index (χ3v) is 6.79. The van der Waals surface area contributed by atoms with Crippen molar-refractivity contribution in [2.75, 3.05) is 12.8 Å². The van der Waals surface area contributed by atoms with Gasteiger partial charge in [0.1, 0.15) is 4.99 Å². The zero-order valence-electron chi connectivity index (χ0n) is 11.5. The van der Waals surface area contributed by atoms with Crippen LogP contribution in [0.2, 0.25) is 0 Å². The Morgan fingerprint density at radius 2 is 2.15 bits per heavy atom. The SMILES string of the molecule is CSC1(CNS(=O)(=O)c2ccc(C(N)=S)cc2C)CC1. The maximum Gasteiger partial charge on any atom is 0.240 e. The van der Waals surface area contributed by atoms with Crippen LogP contribution in [0.25, 0.3) is 0 Å². The summed E-state index contributed by atoms with van der Waals surface area (Å²) in [5.74, 6) is 0. The predicted octanol–water partition coefficient (Wildman–Crippen LogP) is 1.80. The lowest BCUT2D eigenvalue weighted by atomic mass is 10.1. The lowest BCUT2D eigenvalue weighted by molar-refractivity contribution is 0.579. The van der Waals surface area contributed by atoms with Gasteiger partial charge in [-0.3, -0.25) is 0 Å². The Balaban J connectivity index is 2.19. The van der Waals surface area contributed by atoms with Crippen molar-refractivity contribution in [3.05, 3.63) is 29.3 Å². The van der Waals surface area contributed by atoms with Gasteiger partial charge in [0.15, 0.2) is 0 Å². The Bertz CT molecular complexity index is 637. The lowest BCUT2D eigenvalue weighted by Crippen LogP contribution is -2.32. The third-order valence-electron chi connectivity index (χ3n) is 3.57. The van der Waals surface area contributed by atoms with Gasteiger partial charge >= 0.3 is 0 Å². The number of thiocarbonyl (C=S) groups is 1. The second-order valence-corrected chi connectivity index (χ2v) is 8.51. The lowest BCUT2D eigenvalue weighted by Gasteiger charge is -2.15. The van der Waals surface area contributed by atoms with Crippen LogP contribution in [-0.4, -0.2) is 31.0 Å². The summed E-state index contributed by atoms with van der Waals surface area (Å²) in [6.45, 7) is 2.23. The van der Waals surface area contributed by atoms with E-state index in [1.165, 1.54) is 0 Å². The number of hydrogen-bond acceptors (Lipinski definition) is 4. The highest BCUT2D eigenvalue weighted by atomic mass is 32.2. The number of nitrogens with one attached hydrogen (secondary N) is 1. The van der Waals surface area contributed by atoms with Crippen molar-refractivity contribution in [3.8, 4) is 0 Å². The van der Waals surface area contributed by atoms with Gasteiger partial charge in [-0.05, 0) is 43.7 Å². The first-order valence-electron chi connectivity index (χ1n) is 6.25. The van der Waals surface area contributed by atoms with E-state index in [0.717, 1.165) is 12.8 Å². The highest BCUT2D eigenvalue weighted by molar-refractivity contribution is 8.00. The van der Waals surface area contributed by atoms with Crippen molar-refractivity contribution >= 4 is 39.0 Å². The Morgan fingerprint density at radius 3 is 2.60 bits per heavy atom. The molecule has 110 valence electrons. The Morgan fingerprint density at radius 1 is 1.50 bits per heavy atom. The van der Waals surface area contributed by atoms with Crippen LogP contribution in [0.4, 0.5) is 0 Å². The maximum absolute atomic E-state index is 12.3. The predicted molar refractivity (Wildman–Crippen MR) is 87.7 cm³/mol. The first kappa shape index (κ1) is 15.8. The third kappa shape index (κ3) is 3.33. The number of hydrogen-bond donors (Lipinski definition) is 2. The summed E-state index contributed by atoms with van der Waals surface area (Å²) >= 11 is 6.62. The van der Waals surface area contributed by atoms with Crippen LogP contribution < -0.4 is 10.5 Å². The number of benzene rings is 1. The summed E-state index contributed by atoms with van der Waals surface area (Å²) in [5.41, 5.74) is 6.88. The number of aryl methyl sites for hydroxylation is 1. The average molecular weight is 331 g/mol. The summed E-state index contributed by atoms with van der Waals surface area (Å²) in [6, 6.07) is 4.91. The van der Waals surface area contributed by atoms with Crippen LogP contribution in [0, 0.1) is 6.92 Å². The van der Waals surface area contributed by atoms with Gasteiger partial charge < -0.3 is 5.73 Å². The number of rotatable bonds is 6. The van der Waals surface area contributed by atoms with Crippen molar-refractivity contribution in [2.24, 2.45) is 5.73 Å². The molecule has 0 amide bonds. The fraction of sp³-hybridized carbons (Fsp3) is 0.462. The van der Waals surface area contributed by atoms with Gasteiger partial charge in [-0.15, -0.1) is 0 Å². The molecule has 0 bridgehead atoms. The quantitative estimate of drug-likeness (QED) is 0.778. The van der Waals surface area contributed by atoms with Gasteiger partial charge in [0, 0.05) is 16.9 Å². The van der Waals surface area contributed by atoms with Gasteiger partial charge in [-0.25, -0.2) is 13.1 Å². The van der Waals surface area contributed by atoms with E-state index in [-0.39, 0.29) is 14.6 Å². The summed E-state index contributed by atoms with van der Waals surface area (Å²) < 4.78 is 27.5. The Labute approximate surface area is 129 Å². The number of sulfonamides is 1. The standard InChI is InChI=1S/C13H18N2O2S3/c1-9-7-10(12(14)18)3-4-11(9)20(16,17)15-8-13(19-2)5-6-13/h3-4,7,15H,5-6,8H2,1-2H3,(H2,14,18). The van der Waals surface area contributed by atoms with E-state index in [1.54, 1.807) is 36.9 Å². The molecule has 7 heteroatoms. The molecule has 1 saturated carbocycles. The second-order valence-electron chi connectivity index (χ2n) is 5.06. The molecule has 1 aromatic rings. The normalized spacial score (nSPS) is 16.9. The Kier molecular flexibility index (Phi) is 4.44. The van der Waals surface area contributed by atoms with Gasteiger partial charge in [0.25, 0.3) is 0 Å². The number of nitrogens with two attached hydrogens (primary N) is 1. The molecule has 0 aromatic heterocycles. The highest BCUT2D eigenvalue weighted by Gasteiger charge is 2.42. The summed E-state index contributed by atoms with van der Waals surface area (Å²) in [7, 11) is -3.48. The minimum absolute atomic E-state index is 0.0970. The molecule has 0 heterocycles. The van der Waals surface area contributed by atoms with E-state index in [4.69, 9.17) is 18.0 Å². The maximum atomic E-state index is 12.3. The molecule has 0 spiro atoms. The average Bonchev–Trinajstić information content (AvgIpc) is 3.17. The molecule has 1 aliphatic carbocycles. The first-order valence-corrected chi connectivity index (χ1v) is 9.37. The molecule has 0 saturated heterocycles. The van der Waals surface area contributed by atoms with Crippen LogP contribution >= 0.6 is 24.0 Å². The zero-order chi connectivity index (χ0) is 15.0. The summed E-state index contributed by atoms with van der Waals surface area (Å²) in [6.07, 6.45) is 4.15. The molecule has 1 aliphatic rings. The van der Waals surface area contributed by atoms with Crippen LogP contribution in [0.15, 0.2) is 23.1 Å². The van der Waals surface area contributed by atoms with Crippen LogP contribution in [-0.2, 0) is 10.0 Å². The van der Waals surface area contributed by atoms with Crippen molar-refractivity contribution in [1.82, 2.24) is 4.72 Å². The van der Waals surface area contributed by atoms with Gasteiger partial charge in [0.05, 0.1) is 4.90 Å². The van der Waals surface area contributed by atoms with Crippen molar-refractivity contribution in [2.45, 2.75) is 29.4 Å². The molecule has 4 nitrogen and oxygen atoms in total. The van der Waals surface area contributed by atoms with Gasteiger partial charge in [0.2, 0.25) is 10.0 Å². The fourth-order valence-electron chi connectivity index (χ4n) is 2.00. The molecule has 0 unspecified atom stereocenters. The van der Waals surface area contributed by atoms with E-state index in [2.05, 4.69) is 4.72 Å². The van der Waals surface area contributed by atoms with E-state index >= 15 is 0 Å². The van der Waals surface area contributed by atoms with Crippen molar-refractivity contribution in [1.29, 1.82) is 0 Å². The van der Waals surface area contributed by atoms with E-state index in [1.807, 2.05) is 6.26 Å². The van der Waals surface area contributed by atoms with E-state index < -0.39 is 10.0 Å². The van der Waals surface area contributed by atoms with E-state index in [0.29, 0.717) is 17.7 Å². The summed E-state index contributed by atoms with van der Waals surface area (Å²) in [4.78, 5) is 0.554. The van der Waals surface area contributed by atoms with E-state index in [9.17, 15) is 8.42 Å². The zero-order valence-corrected chi connectivity index (χ0v) is 13.9. The molecule has 0 radical (unpaired) electrons. The van der Waals surface area contributed by atoms with Crippen LogP contribution in [0.3, 0.4) is 0 Å².